The number of hydrogen-bond donors (Lipinski definition) is 1. The Hall–Kier alpha value is -0.650. The fourth-order valence-corrected chi connectivity index (χ4v) is 2.86. The molecule has 0 aromatic carbocycles. The molecule has 0 spiro atoms. The van der Waals surface area contributed by atoms with Crippen molar-refractivity contribution in [3.8, 4) is 0 Å². The summed E-state index contributed by atoms with van der Waals surface area (Å²) in [5.41, 5.74) is 1.04. The number of rotatable bonds is 8. The summed E-state index contributed by atoms with van der Waals surface area (Å²) in [6.07, 6.45) is 2.00. The normalized spacial score (nSPS) is 11.2. The Balaban J connectivity index is 2.80. The van der Waals surface area contributed by atoms with Gasteiger partial charge < -0.3 is 14.9 Å². The quantitative estimate of drug-likeness (QED) is 0.785. The van der Waals surface area contributed by atoms with Crippen LogP contribution in [-0.2, 0) is 13.0 Å². The van der Waals surface area contributed by atoms with E-state index in [2.05, 4.69) is 42.7 Å². The summed E-state index contributed by atoms with van der Waals surface area (Å²) in [6, 6.07) is 0. The maximum absolute atomic E-state index is 9.34. The third-order valence-electron chi connectivity index (χ3n) is 2.83. The van der Waals surface area contributed by atoms with Crippen LogP contribution in [-0.4, -0.2) is 48.7 Å². The first-order valence-corrected chi connectivity index (χ1v) is 7.43. The molecule has 1 heterocycles. The molecule has 18 heavy (non-hydrogen) atoms. The Morgan fingerprint density at radius 1 is 1.17 bits per heavy atom. The van der Waals surface area contributed by atoms with Gasteiger partial charge in [0, 0.05) is 19.6 Å². The summed E-state index contributed by atoms with van der Waals surface area (Å²) < 4.78 is 0. The topological polar surface area (TPSA) is 39.6 Å². The van der Waals surface area contributed by atoms with E-state index in [1.807, 2.05) is 0 Å². The standard InChI is InChI=1S/C13H25N3OS/c1-5-7-16(9-8-15(3)4)13-14-11(6-2)12(10-17)18-13/h17H,5-10H2,1-4H3. The van der Waals surface area contributed by atoms with Crippen LogP contribution in [0.3, 0.4) is 0 Å². The number of anilines is 1. The molecule has 0 amide bonds. The van der Waals surface area contributed by atoms with E-state index in [9.17, 15) is 5.11 Å². The van der Waals surface area contributed by atoms with Gasteiger partial charge in [-0.25, -0.2) is 4.98 Å². The number of hydrogen-bond acceptors (Lipinski definition) is 5. The summed E-state index contributed by atoms with van der Waals surface area (Å²) in [6.45, 7) is 7.41. The molecule has 1 rings (SSSR count). The van der Waals surface area contributed by atoms with E-state index in [4.69, 9.17) is 0 Å². The maximum Gasteiger partial charge on any atom is 0.185 e. The van der Waals surface area contributed by atoms with E-state index in [0.29, 0.717) is 0 Å². The fraction of sp³-hybridized carbons (Fsp3) is 0.769. The van der Waals surface area contributed by atoms with Crippen LogP contribution in [0.2, 0.25) is 0 Å². The average molecular weight is 271 g/mol. The molecule has 5 heteroatoms. The number of likely N-dealkylation sites (N-methyl/N-ethyl adjacent to an activating group) is 1. The van der Waals surface area contributed by atoms with Crippen LogP contribution >= 0.6 is 11.3 Å². The highest BCUT2D eigenvalue weighted by Gasteiger charge is 2.14. The van der Waals surface area contributed by atoms with Gasteiger partial charge in [-0.2, -0.15) is 0 Å². The van der Waals surface area contributed by atoms with E-state index < -0.39 is 0 Å². The number of aliphatic hydroxyl groups excluding tert-OH is 1. The minimum absolute atomic E-state index is 0.106. The molecule has 1 aromatic heterocycles. The molecular weight excluding hydrogens is 246 g/mol. The lowest BCUT2D eigenvalue weighted by molar-refractivity contribution is 0.284. The molecular formula is C13H25N3OS. The number of aryl methyl sites for hydroxylation is 1. The lowest BCUT2D eigenvalue weighted by Crippen LogP contribution is -2.32. The molecule has 0 aliphatic carbocycles. The second-order valence-electron chi connectivity index (χ2n) is 4.67. The van der Waals surface area contributed by atoms with Crippen molar-refractivity contribution < 1.29 is 5.11 Å². The molecule has 0 saturated heterocycles. The van der Waals surface area contributed by atoms with Crippen molar-refractivity contribution in [3.05, 3.63) is 10.6 Å². The number of aromatic nitrogens is 1. The molecule has 0 atom stereocenters. The van der Waals surface area contributed by atoms with Gasteiger partial charge in [0.05, 0.1) is 17.2 Å². The summed E-state index contributed by atoms with van der Waals surface area (Å²) in [4.78, 5) is 10.2. The Bertz CT molecular complexity index is 331. The third-order valence-corrected chi connectivity index (χ3v) is 3.97. The van der Waals surface area contributed by atoms with Gasteiger partial charge in [0.2, 0.25) is 0 Å². The summed E-state index contributed by atoms with van der Waals surface area (Å²) >= 11 is 1.63. The van der Waals surface area contributed by atoms with Gasteiger partial charge in [0.1, 0.15) is 0 Å². The Kier molecular flexibility index (Phi) is 6.60. The van der Waals surface area contributed by atoms with Gasteiger partial charge in [-0.1, -0.05) is 25.2 Å². The van der Waals surface area contributed by atoms with Gasteiger partial charge in [0.15, 0.2) is 5.13 Å². The second kappa shape index (κ2) is 7.71. The summed E-state index contributed by atoms with van der Waals surface area (Å²) in [7, 11) is 4.17. The molecule has 0 aliphatic heterocycles. The smallest absolute Gasteiger partial charge is 0.185 e. The van der Waals surface area contributed by atoms with Crippen LogP contribution < -0.4 is 4.90 Å². The molecule has 0 unspecified atom stereocenters. The predicted octanol–water partition coefficient (Wildman–Crippen LogP) is 1.98. The minimum atomic E-state index is 0.106. The van der Waals surface area contributed by atoms with E-state index in [0.717, 1.165) is 48.2 Å². The molecule has 0 radical (unpaired) electrons. The maximum atomic E-state index is 9.34. The van der Waals surface area contributed by atoms with E-state index in [1.165, 1.54) is 0 Å². The first-order chi connectivity index (χ1) is 8.62. The second-order valence-corrected chi connectivity index (χ2v) is 5.73. The highest BCUT2D eigenvalue weighted by atomic mass is 32.1. The van der Waals surface area contributed by atoms with Crippen molar-refractivity contribution in [1.29, 1.82) is 0 Å². The van der Waals surface area contributed by atoms with Crippen LogP contribution in [0.25, 0.3) is 0 Å². The highest BCUT2D eigenvalue weighted by Crippen LogP contribution is 2.27. The van der Waals surface area contributed by atoms with E-state index in [-0.39, 0.29) is 6.61 Å². The third kappa shape index (κ3) is 4.23. The number of nitrogens with zero attached hydrogens (tertiary/aromatic N) is 3. The molecule has 0 aliphatic rings. The first-order valence-electron chi connectivity index (χ1n) is 6.61. The molecule has 1 N–H and O–H groups in total. The first kappa shape index (κ1) is 15.4. The molecule has 104 valence electrons. The molecule has 0 fully saturated rings. The monoisotopic (exact) mass is 271 g/mol. The summed E-state index contributed by atoms with van der Waals surface area (Å²) in [5, 5.41) is 10.4. The number of thiazole rings is 1. The molecule has 1 aromatic rings. The zero-order valence-electron chi connectivity index (χ0n) is 11.9. The summed E-state index contributed by atoms with van der Waals surface area (Å²) in [5.74, 6) is 0. The van der Waals surface area contributed by atoms with Crippen LogP contribution in [0.5, 0.6) is 0 Å². The van der Waals surface area contributed by atoms with Gasteiger partial charge in [-0.15, -0.1) is 0 Å². The Morgan fingerprint density at radius 3 is 2.33 bits per heavy atom. The van der Waals surface area contributed by atoms with Crippen molar-refractivity contribution in [2.45, 2.75) is 33.3 Å². The van der Waals surface area contributed by atoms with Crippen molar-refractivity contribution in [3.63, 3.8) is 0 Å². The average Bonchev–Trinajstić information content (AvgIpc) is 2.77. The lowest BCUT2D eigenvalue weighted by Gasteiger charge is -2.23. The molecule has 4 nitrogen and oxygen atoms in total. The van der Waals surface area contributed by atoms with Crippen molar-refractivity contribution >= 4 is 16.5 Å². The zero-order chi connectivity index (χ0) is 13.5. The Labute approximate surface area is 114 Å². The van der Waals surface area contributed by atoms with Crippen molar-refractivity contribution in [1.82, 2.24) is 9.88 Å². The van der Waals surface area contributed by atoms with Crippen LogP contribution in [0.4, 0.5) is 5.13 Å². The van der Waals surface area contributed by atoms with Gasteiger partial charge in [0.25, 0.3) is 0 Å². The van der Waals surface area contributed by atoms with Crippen molar-refractivity contribution in [2.75, 3.05) is 38.6 Å². The van der Waals surface area contributed by atoms with Crippen LogP contribution in [0.1, 0.15) is 30.8 Å². The van der Waals surface area contributed by atoms with Crippen molar-refractivity contribution in [2.24, 2.45) is 0 Å². The fourth-order valence-electron chi connectivity index (χ4n) is 1.80. The van der Waals surface area contributed by atoms with E-state index in [1.54, 1.807) is 11.3 Å². The SMILES string of the molecule is CCCN(CCN(C)C)c1nc(CC)c(CO)s1. The van der Waals surface area contributed by atoms with Crippen LogP contribution in [0.15, 0.2) is 0 Å². The van der Waals surface area contributed by atoms with Crippen LogP contribution in [0, 0.1) is 0 Å². The predicted molar refractivity (Wildman–Crippen MR) is 78.5 cm³/mol. The molecule has 0 saturated carbocycles. The molecule has 0 bridgehead atoms. The zero-order valence-corrected chi connectivity index (χ0v) is 12.8. The minimum Gasteiger partial charge on any atom is -0.391 e. The van der Waals surface area contributed by atoms with Gasteiger partial charge in [-0.05, 0) is 26.9 Å². The van der Waals surface area contributed by atoms with E-state index >= 15 is 0 Å². The Morgan fingerprint density at radius 2 is 1.89 bits per heavy atom. The lowest BCUT2D eigenvalue weighted by atomic mass is 10.3. The van der Waals surface area contributed by atoms with Gasteiger partial charge in [-0.3, -0.25) is 0 Å². The number of aliphatic hydroxyl groups is 1. The van der Waals surface area contributed by atoms with Gasteiger partial charge >= 0.3 is 0 Å². The highest BCUT2D eigenvalue weighted by molar-refractivity contribution is 7.15. The largest absolute Gasteiger partial charge is 0.391 e.